The number of amides is 1. The number of ether oxygens (including phenoxy) is 3. The number of hydrogen-bond acceptors (Lipinski definition) is 6. The fourth-order valence-corrected chi connectivity index (χ4v) is 3.15. The SMILES string of the molecule is CCN(Cc1cc(-c2cc(OC)c(OC)c(OC)c2)on1)C(=O)c1ccc(C)cc1. The number of hydrogen-bond donors (Lipinski definition) is 0. The summed E-state index contributed by atoms with van der Waals surface area (Å²) < 4.78 is 21.7. The van der Waals surface area contributed by atoms with Crippen molar-refractivity contribution in [3.05, 3.63) is 59.3 Å². The maximum atomic E-state index is 12.8. The molecule has 1 aromatic heterocycles. The van der Waals surface area contributed by atoms with Crippen LogP contribution in [-0.2, 0) is 6.54 Å². The van der Waals surface area contributed by atoms with Crippen molar-refractivity contribution in [2.24, 2.45) is 0 Å². The van der Waals surface area contributed by atoms with Crippen LogP contribution in [0.5, 0.6) is 17.2 Å². The average molecular weight is 410 g/mol. The van der Waals surface area contributed by atoms with E-state index in [-0.39, 0.29) is 5.91 Å². The van der Waals surface area contributed by atoms with E-state index in [0.29, 0.717) is 47.4 Å². The highest BCUT2D eigenvalue weighted by Crippen LogP contribution is 2.41. The third-order valence-corrected chi connectivity index (χ3v) is 4.83. The quantitative estimate of drug-likeness (QED) is 0.550. The van der Waals surface area contributed by atoms with Gasteiger partial charge in [0.2, 0.25) is 5.75 Å². The van der Waals surface area contributed by atoms with Crippen LogP contribution in [0.4, 0.5) is 0 Å². The molecule has 158 valence electrons. The second-order valence-corrected chi connectivity index (χ2v) is 6.78. The molecule has 0 aliphatic heterocycles. The van der Waals surface area contributed by atoms with E-state index in [0.717, 1.165) is 11.1 Å². The van der Waals surface area contributed by atoms with Gasteiger partial charge in [0, 0.05) is 23.7 Å². The normalized spacial score (nSPS) is 10.6. The van der Waals surface area contributed by atoms with E-state index in [1.54, 1.807) is 38.4 Å². The summed E-state index contributed by atoms with van der Waals surface area (Å²) in [5, 5.41) is 4.14. The van der Waals surface area contributed by atoms with E-state index >= 15 is 0 Å². The van der Waals surface area contributed by atoms with Crippen molar-refractivity contribution in [1.82, 2.24) is 10.1 Å². The average Bonchev–Trinajstić information content (AvgIpc) is 3.25. The number of benzene rings is 2. The maximum Gasteiger partial charge on any atom is 0.254 e. The standard InChI is InChI=1S/C23H26N2O5/c1-6-25(23(26)16-9-7-15(2)8-10-16)14-18-13-19(30-24-18)17-11-20(27-3)22(29-5)21(12-17)28-4/h7-13H,6,14H2,1-5H3. The number of aryl methyl sites for hydroxylation is 1. The lowest BCUT2D eigenvalue weighted by molar-refractivity contribution is 0.0749. The van der Waals surface area contributed by atoms with Crippen LogP contribution in [0.25, 0.3) is 11.3 Å². The minimum absolute atomic E-state index is 0.0464. The Morgan fingerprint density at radius 2 is 1.63 bits per heavy atom. The number of aromatic nitrogens is 1. The molecule has 0 fully saturated rings. The smallest absolute Gasteiger partial charge is 0.254 e. The maximum absolute atomic E-state index is 12.8. The van der Waals surface area contributed by atoms with Crippen LogP contribution in [0.2, 0.25) is 0 Å². The van der Waals surface area contributed by atoms with Gasteiger partial charge in [0.1, 0.15) is 5.69 Å². The Morgan fingerprint density at radius 3 is 2.17 bits per heavy atom. The lowest BCUT2D eigenvalue weighted by Crippen LogP contribution is -2.30. The summed E-state index contributed by atoms with van der Waals surface area (Å²) in [6.45, 7) is 4.83. The zero-order chi connectivity index (χ0) is 21.7. The van der Waals surface area contributed by atoms with E-state index in [2.05, 4.69) is 5.16 Å². The van der Waals surface area contributed by atoms with E-state index < -0.39 is 0 Å². The summed E-state index contributed by atoms with van der Waals surface area (Å²) in [5.41, 5.74) is 3.15. The molecule has 3 aromatic rings. The monoisotopic (exact) mass is 410 g/mol. The van der Waals surface area contributed by atoms with Crippen LogP contribution >= 0.6 is 0 Å². The first-order valence-corrected chi connectivity index (χ1v) is 9.62. The highest BCUT2D eigenvalue weighted by Gasteiger charge is 2.19. The summed E-state index contributed by atoms with van der Waals surface area (Å²) in [7, 11) is 4.67. The Bertz CT molecular complexity index is 986. The number of methoxy groups -OCH3 is 3. The van der Waals surface area contributed by atoms with E-state index in [1.807, 2.05) is 44.2 Å². The lowest BCUT2D eigenvalue weighted by Gasteiger charge is -2.19. The largest absolute Gasteiger partial charge is 0.493 e. The summed E-state index contributed by atoms with van der Waals surface area (Å²) in [5.74, 6) is 2.05. The molecule has 0 saturated carbocycles. The molecule has 0 unspecified atom stereocenters. The molecular weight excluding hydrogens is 384 g/mol. The van der Waals surface area contributed by atoms with E-state index in [1.165, 1.54) is 0 Å². The van der Waals surface area contributed by atoms with E-state index in [4.69, 9.17) is 18.7 Å². The van der Waals surface area contributed by atoms with Crippen molar-refractivity contribution < 1.29 is 23.5 Å². The molecule has 0 aliphatic rings. The Morgan fingerprint density at radius 1 is 1.00 bits per heavy atom. The molecule has 7 nitrogen and oxygen atoms in total. The van der Waals surface area contributed by atoms with Crippen LogP contribution in [0.3, 0.4) is 0 Å². The van der Waals surface area contributed by atoms with Gasteiger partial charge in [0.05, 0.1) is 27.9 Å². The first-order chi connectivity index (χ1) is 14.5. The predicted octanol–water partition coefficient (Wildman–Crippen LogP) is 4.34. The topological polar surface area (TPSA) is 74.0 Å². The minimum Gasteiger partial charge on any atom is -0.493 e. The Hall–Kier alpha value is -3.48. The van der Waals surface area contributed by atoms with Gasteiger partial charge in [-0.25, -0.2) is 0 Å². The van der Waals surface area contributed by atoms with Gasteiger partial charge in [0.25, 0.3) is 5.91 Å². The van der Waals surface area contributed by atoms with Crippen molar-refractivity contribution in [2.75, 3.05) is 27.9 Å². The van der Waals surface area contributed by atoms with Gasteiger partial charge in [-0.3, -0.25) is 4.79 Å². The Labute approximate surface area is 176 Å². The number of rotatable bonds is 8. The Kier molecular flexibility index (Phi) is 6.61. The van der Waals surface area contributed by atoms with Crippen molar-refractivity contribution in [1.29, 1.82) is 0 Å². The molecule has 0 bridgehead atoms. The van der Waals surface area contributed by atoms with Gasteiger partial charge >= 0.3 is 0 Å². The molecule has 7 heteroatoms. The first-order valence-electron chi connectivity index (χ1n) is 9.62. The number of carbonyl (C=O) groups excluding carboxylic acids is 1. The third-order valence-electron chi connectivity index (χ3n) is 4.83. The molecule has 1 amide bonds. The van der Waals surface area contributed by atoms with Gasteiger partial charge in [-0.15, -0.1) is 0 Å². The van der Waals surface area contributed by atoms with E-state index in [9.17, 15) is 4.79 Å². The van der Waals surface area contributed by atoms with Gasteiger partial charge in [0.15, 0.2) is 17.3 Å². The predicted molar refractivity (Wildman–Crippen MR) is 113 cm³/mol. The molecule has 0 spiro atoms. The van der Waals surface area contributed by atoms with Crippen molar-refractivity contribution in [2.45, 2.75) is 20.4 Å². The van der Waals surface area contributed by atoms with Gasteiger partial charge < -0.3 is 23.6 Å². The van der Waals surface area contributed by atoms with Gasteiger partial charge in [-0.05, 0) is 38.1 Å². The summed E-state index contributed by atoms with van der Waals surface area (Å²) >= 11 is 0. The van der Waals surface area contributed by atoms with Gasteiger partial charge in [-0.2, -0.15) is 0 Å². The molecule has 0 saturated heterocycles. The molecule has 2 aromatic carbocycles. The molecule has 1 heterocycles. The van der Waals surface area contributed by atoms with Gasteiger partial charge in [-0.1, -0.05) is 22.9 Å². The van der Waals surface area contributed by atoms with Crippen molar-refractivity contribution in [3.8, 4) is 28.6 Å². The molecular formula is C23H26N2O5. The second-order valence-electron chi connectivity index (χ2n) is 6.78. The Balaban J connectivity index is 1.83. The highest BCUT2D eigenvalue weighted by atomic mass is 16.5. The molecule has 3 rings (SSSR count). The molecule has 0 aliphatic carbocycles. The van der Waals surface area contributed by atoms with Crippen LogP contribution in [0.1, 0.15) is 28.5 Å². The molecule has 0 N–H and O–H groups in total. The zero-order valence-electron chi connectivity index (χ0n) is 17.9. The van der Waals surface area contributed by atoms with Crippen molar-refractivity contribution in [3.63, 3.8) is 0 Å². The number of nitrogens with zero attached hydrogens (tertiary/aromatic N) is 2. The highest BCUT2D eigenvalue weighted by molar-refractivity contribution is 5.94. The summed E-state index contributed by atoms with van der Waals surface area (Å²) in [4.78, 5) is 14.6. The summed E-state index contributed by atoms with van der Waals surface area (Å²) in [6.07, 6.45) is 0. The zero-order valence-corrected chi connectivity index (χ0v) is 17.9. The first kappa shape index (κ1) is 21.2. The fraction of sp³-hybridized carbons (Fsp3) is 0.304. The molecule has 0 atom stereocenters. The third kappa shape index (κ3) is 4.40. The summed E-state index contributed by atoms with van der Waals surface area (Å²) in [6, 6.07) is 12.9. The minimum atomic E-state index is -0.0464. The van der Waals surface area contributed by atoms with Crippen LogP contribution in [-0.4, -0.2) is 43.8 Å². The second kappa shape index (κ2) is 9.35. The van der Waals surface area contributed by atoms with Crippen LogP contribution in [0, 0.1) is 6.92 Å². The number of carbonyl (C=O) groups is 1. The lowest BCUT2D eigenvalue weighted by atomic mass is 10.1. The molecule has 0 radical (unpaired) electrons. The molecule has 30 heavy (non-hydrogen) atoms. The van der Waals surface area contributed by atoms with Crippen molar-refractivity contribution >= 4 is 5.91 Å². The van der Waals surface area contributed by atoms with Crippen LogP contribution < -0.4 is 14.2 Å². The van der Waals surface area contributed by atoms with Crippen LogP contribution in [0.15, 0.2) is 47.0 Å². The fourth-order valence-electron chi connectivity index (χ4n) is 3.15.